The zero-order chi connectivity index (χ0) is 13.9. The molecule has 0 radical (unpaired) electrons. The molecule has 5 heteroatoms. The van der Waals surface area contributed by atoms with Crippen LogP contribution in [0, 0.1) is 6.92 Å². The zero-order valence-corrected chi connectivity index (χ0v) is 12.2. The first-order valence-corrected chi connectivity index (χ1v) is 8.34. The van der Waals surface area contributed by atoms with Crippen LogP contribution in [0.3, 0.4) is 0 Å². The summed E-state index contributed by atoms with van der Waals surface area (Å²) >= 11 is 0. The fourth-order valence-electron chi connectivity index (χ4n) is 2.68. The maximum atomic E-state index is 12.4. The summed E-state index contributed by atoms with van der Waals surface area (Å²) in [6.07, 6.45) is 5.30. The van der Waals surface area contributed by atoms with E-state index in [-0.39, 0.29) is 6.04 Å². The molecule has 1 aliphatic rings. The maximum Gasteiger partial charge on any atom is 0.241 e. The highest BCUT2D eigenvalue weighted by Gasteiger charge is 2.23. The monoisotopic (exact) mass is 282 g/mol. The van der Waals surface area contributed by atoms with Crippen molar-refractivity contribution >= 4 is 10.0 Å². The Bertz CT molecular complexity index is 534. The van der Waals surface area contributed by atoms with Crippen molar-refractivity contribution in [1.29, 1.82) is 0 Å². The molecular weight excluding hydrogens is 260 g/mol. The van der Waals surface area contributed by atoms with Crippen LogP contribution >= 0.6 is 0 Å². The minimum absolute atomic E-state index is 0.0830. The first-order valence-electron chi connectivity index (χ1n) is 6.85. The lowest BCUT2D eigenvalue weighted by Crippen LogP contribution is -2.36. The van der Waals surface area contributed by atoms with Crippen LogP contribution < -0.4 is 10.5 Å². The SMILES string of the molecule is Cc1c(CN)cccc1S(=O)(=O)NC1CCCCC1. The molecule has 1 aromatic rings. The Hall–Kier alpha value is -0.910. The Kier molecular flexibility index (Phi) is 4.60. The number of benzene rings is 1. The van der Waals surface area contributed by atoms with Crippen molar-refractivity contribution in [1.82, 2.24) is 4.72 Å². The number of nitrogens with two attached hydrogens (primary N) is 1. The molecular formula is C14H22N2O2S. The second-order valence-corrected chi connectivity index (χ2v) is 6.88. The molecule has 0 saturated heterocycles. The molecule has 1 saturated carbocycles. The van der Waals surface area contributed by atoms with E-state index in [0.29, 0.717) is 11.4 Å². The van der Waals surface area contributed by atoms with E-state index in [9.17, 15) is 8.42 Å². The fourth-order valence-corrected chi connectivity index (χ4v) is 4.27. The van der Waals surface area contributed by atoms with Gasteiger partial charge in [0.2, 0.25) is 10.0 Å². The second-order valence-electron chi connectivity index (χ2n) is 5.20. The van der Waals surface area contributed by atoms with Crippen LogP contribution in [-0.4, -0.2) is 14.5 Å². The van der Waals surface area contributed by atoms with Crippen LogP contribution in [0.4, 0.5) is 0 Å². The van der Waals surface area contributed by atoms with Gasteiger partial charge in [-0.3, -0.25) is 0 Å². The van der Waals surface area contributed by atoms with Crippen LogP contribution in [0.25, 0.3) is 0 Å². The summed E-state index contributed by atoms with van der Waals surface area (Å²) in [6, 6.07) is 5.36. The van der Waals surface area contributed by atoms with Crippen molar-refractivity contribution in [3.8, 4) is 0 Å². The number of rotatable bonds is 4. The Morgan fingerprint density at radius 3 is 2.58 bits per heavy atom. The first kappa shape index (κ1) is 14.5. The Morgan fingerprint density at radius 1 is 1.26 bits per heavy atom. The molecule has 0 spiro atoms. The normalized spacial score (nSPS) is 17.6. The zero-order valence-electron chi connectivity index (χ0n) is 11.4. The summed E-state index contributed by atoms with van der Waals surface area (Å²) in [5.41, 5.74) is 7.27. The molecule has 2 rings (SSSR count). The summed E-state index contributed by atoms with van der Waals surface area (Å²) in [7, 11) is -3.43. The number of hydrogen-bond acceptors (Lipinski definition) is 3. The molecule has 0 bridgehead atoms. The van der Waals surface area contributed by atoms with Crippen molar-refractivity contribution in [3.63, 3.8) is 0 Å². The number of hydrogen-bond donors (Lipinski definition) is 2. The number of nitrogens with one attached hydrogen (secondary N) is 1. The summed E-state index contributed by atoms with van der Waals surface area (Å²) in [4.78, 5) is 0.362. The second kappa shape index (κ2) is 6.03. The molecule has 0 amide bonds. The van der Waals surface area contributed by atoms with Crippen molar-refractivity contribution in [2.24, 2.45) is 5.73 Å². The average molecular weight is 282 g/mol. The molecule has 106 valence electrons. The van der Waals surface area contributed by atoms with Crippen molar-refractivity contribution in [2.75, 3.05) is 0 Å². The van der Waals surface area contributed by atoms with Gasteiger partial charge in [0, 0.05) is 12.6 Å². The van der Waals surface area contributed by atoms with Gasteiger partial charge in [0.1, 0.15) is 0 Å². The van der Waals surface area contributed by atoms with Gasteiger partial charge in [-0.25, -0.2) is 13.1 Å². The minimum Gasteiger partial charge on any atom is -0.326 e. The molecule has 3 N–H and O–H groups in total. The first-order chi connectivity index (χ1) is 9.04. The molecule has 0 atom stereocenters. The lowest BCUT2D eigenvalue weighted by Gasteiger charge is -2.23. The molecule has 4 nitrogen and oxygen atoms in total. The quantitative estimate of drug-likeness (QED) is 0.888. The summed E-state index contributed by atoms with van der Waals surface area (Å²) in [5.74, 6) is 0. The van der Waals surface area contributed by atoms with Crippen molar-refractivity contribution in [3.05, 3.63) is 29.3 Å². The largest absolute Gasteiger partial charge is 0.326 e. The van der Waals surface area contributed by atoms with Gasteiger partial charge in [0.05, 0.1) is 4.90 Å². The van der Waals surface area contributed by atoms with Gasteiger partial charge < -0.3 is 5.73 Å². The summed E-state index contributed by atoms with van der Waals surface area (Å²) < 4.78 is 27.7. The molecule has 19 heavy (non-hydrogen) atoms. The van der Waals surface area contributed by atoms with Crippen LogP contribution in [0.15, 0.2) is 23.1 Å². The van der Waals surface area contributed by atoms with E-state index >= 15 is 0 Å². The highest BCUT2D eigenvalue weighted by Crippen LogP contribution is 2.22. The lowest BCUT2D eigenvalue weighted by molar-refractivity contribution is 0.412. The highest BCUT2D eigenvalue weighted by molar-refractivity contribution is 7.89. The van der Waals surface area contributed by atoms with Gasteiger partial charge in [0.25, 0.3) is 0 Å². The third-order valence-corrected chi connectivity index (χ3v) is 5.50. The van der Waals surface area contributed by atoms with E-state index in [1.807, 2.05) is 13.0 Å². The summed E-state index contributed by atoms with van der Waals surface area (Å²) in [5, 5.41) is 0. The van der Waals surface area contributed by atoms with E-state index in [4.69, 9.17) is 5.73 Å². The summed E-state index contributed by atoms with van der Waals surface area (Å²) in [6.45, 7) is 2.18. The van der Waals surface area contributed by atoms with E-state index in [1.54, 1.807) is 12.1 Å². The van der Waals surface area contributed by atoms with E-state index in [2.05, 4.69) is 4.72 Å². The van der Waals surface area contributed by atoms with Gasteiger partial charge in [-0.05, 0) is 37.0 Å². The van der Waals surface area contributed by atoms with Gasteiger partial charge in [-0.15, -0.1) is 0 Å². The third kappa shape index (κ3) is 3.35. The van der Waals surface area contributed by atoms with E-state index in [0.717, 1.165) is 36.8 Å². The van der Waals surface area contributed by atoms with Gasteiger partial charge in [-0.1, -0.05) is 31.4 Å². The van der Waals surface area contributed by atoms with Gasteiger partial charge >= 0.3 is 0 Å². The molecule has 1 aliphatic carbocycles. The Morgan fingerprint density at radius 2 is 1.95 bits per heavy atom. The molecule has 0 unspecified atom stereocenters. The van der Waals surface area contributed by atoms with Crippen molar-refractivity contribution < 1.29 is 8.42 Å². The lowest BCUT2D eigenvalue weighted by atomic mass is 9.96. The van der Waals surface area contributed by atoms with Gasteiger partial charge in [-0.2, -0.15) is 0 Å². The van der Waals surface area contributed by atoms with E-state index < -0.39 is 10.0 Å². The Labute approximate surface area is 115 Å². The molecule has 0 aromatic heterocycles. The number of sulfonamides is 1. The minimum atomic E-state index is -3.43. The predicted molar refractivity (Wildman–Crippen MR) is 76.3 cm³/mol. The maximum absolute atomic E-state index is 12.4. The fraction of sp³-hybridized carbons (Fsp3) is 0.571. The smallest absolute Gasteiger partial charge is 0.241 e. The predicted octanol–water partition coefficient (Wildman–Crippen LogP) is 2.06. The van der Waals surface area contributed by atoms with Crippen LogP contribution in [0.2, 0.25) is 0 Å². The molecule has 1 aromatic carbocycles. The Balaban J connectivity index is 2.23. The molecule has 1 fully saturated rings. The van der Waals surface area contributed by atoms with E-state index in [1.165, 1.54) is 6.42 Å². The van der Waals surface area contributed by atoms with Crippen molar-refractivity contribution in [2.45, 2.75) is 56.5 Å². The van der Waals surface area contributed by atoms with Gasteiger partial charge in [0.15, 0.2) is 0 Å². The van der Waals surface area contributed by atoms with Crippen LogP contribution in [-0.2, 0) is 16.6 Å². The standard InChI is InChI=1S/C14H22N2O2S/c1-11-12(10-15)6-5-9-14(11)19(17,18)16-13-7-3-2-4-8-13/h5-6,9,13,16H,2-4,7-8,10,15H2,1H3. The van der Waals surface area contributed by atoms with Crippen LogP contribution in [0.1, 0.15) is 43.2 Å². The highest BCUT2D eigenvalue weighted by atomic mass is 32.2. The topological polar surface area (TPSA) is 72.2 Å². The third-order valence-electron chi connectivity index (χ3n) is 3.83. The molecule has 0 heterocycles. The average Bonchev–Trinajstić information content (AvgIpc) is 2.39. The molecule has 0 aliphatic heterocycles. The van der Waals surface area contributed by atoms with Crippen LogP contribution in [0.5, 0.6) is 0 Å².